The summed E-state index contributed by atoms with van der Waals surface area (Å²) in [6.45, 7) is 1.02. The molecule has 3 rings (SSSR count). The monoisotopic (exact) mass is 294 g/mol. The van der Waals surface area contributed by atoms with Crippen molar-refractivity contribution in [2.45, 2.75) is 26.6 Å². The minimum atomic E-state index is -2.83. The van der Waals surface area contributed by atoms with Crippen molar-refractivity contribution in [2.75, 3.05) is 18.5 Å². The third-order valence-electron chi connectivity index (χ3n) is 3.45. The molecule has 0 amide bonds. The fraction of sp³-hybridized carbons (Fsp3) is 0.400. The minimum Gasteiger partial charge on any atom is -0.435 e. The van der Waals surface area contributed by atoms with Gasteiger partial charge in [0.15, 0.2) is 0 Å². The van der Waals surface area contributed by atoms with Crippen molar-refractivity contribution in [3.05, 3.63) is 29.5 Å². The fourth-order valence-electron chi connectivity index (χ4n) is 2.59. The number of halogens is 2. The van der Waals surface area contributed by atoms with Gasteiger partial charge in [-0.15, -0.1) is 0 Å². The Morgan fingerprint density at radius 3 is 3.05 bits per heavy atom. The Bertz CT molecular complexity index is 662. The molecule has 0 spiro atoms. The van der Waals surface area contributed by atoms with Gasteiger partial charge in [0.05, 0.1) is 30.1 Å². The molecule has 2 aromatic rings. The second kappa shape index (κ2) is 5.81. The Kier molecular flexibility index (Phi) is 3.88. The lowest BCUT2D eigenvalue weighted by Crippen LogP contribution is -2.15. The summed E-state index contributed by atoms with van der Waals surface area (Å²) in [5.74, 6) is 0.134. The maximum absolute atomic E-state index is 12.4. The highest BCUT2D eigenvalue weighted by atomic mass is 19.3. The van der Waals surface area contributed by atoms with E-state index >= 15 is 0 Å². The maximum atomic E-state index is 12.4. The number of benzene rings is 1. The van der Waals surface area contributed by atoms with Crippen LogP contribution in [0.2, 0.25) is 0 Å². The first-order chi connectivity index (χ1) is 10.2. The second-order valence-corrected chi connectivity index (χ2v) is 4.80. The molecule has 1 aliphatic rings. The lowest BCUT2D eigenvalue weighted by atomic mass is 10.0. The molecule has 1 aliphatic heterocycles. The number of anilines is 1. The van der Waals surface area contributed by atoms with Gasteiger partial charge in [0.2, 0.25) is 0 Å². The molecule has 0 fully saturated rings. The minimum absolute atomic E-state index is 0.134. The van der Waals surface area contributed by atoms with Crippen LogP contribution in [0, 0.1) is 0 Å². The topological polar surface area (TPSA) is 43.4 Å². The van der Waals surface area contributed by atoms with E-state index in [2.05, 4.69) is 15.0 Å². The van der Waals surface area contributed by atoms with E-state index in [1.54, 1.807) is 12.1 Å². The van der Waals surface area contributed by atoms with Crippen molar-refractivity contribution in [1.82, 2.24) is 4.98 Å². The number of pyridine rings is 1. The highest BCUT2D eigenvalue weighted by Gasteiger charge is 2.19. The molecule has 0 radical (unpaired) electrons. The Hall–Kier alpha value is -1.95. The number of hydrogen-bond donors (Lipinski definition) is 1. The first kappa shape index (κ1) is 14.0. The molecule has 1 aromatic heterocycles. The van der Waals surface area contributed by atoms with Gasteiger partial charge >= 0.3 is 6.61 Å². The van der Waals surface area contributed by atoms with Crippen LogP contribution in [0.1, 0.15) is 18.2 Å². The third kappa shape index (κ3) is 2.76. The SMILES string of the molecule is CCNc1c2c(nc3ccc(OC(F)F)cc13)CCOC2. The molecule has 1 N–H and O–H groups in total. The summed E-state index contributed by atoms with van der Waals surface area (Å²) in [7, 11) is 0. The van der Waals surface area contributed by atoms with E-state index in [9.17, 15) is 8.78 Å². The van der Waals surface area contributed by atoms with E-state index in [1.165, 1.54) is 6.07 Å². The Morgan fingerprint density at radius 1 is 1.43 bits per heavy atom. The van der Waals surface area contributed by atoms with Gasteiger partial charge in [-0.1, -0.05) is 0 Å². The van der Waals surface area contributed by atoms with E-state index in [1.807, 2.05) is 6.92 Å². The number of aromatic nitrogens is 1. The zero-order chi connectivity index (χ0) is 14.8. The van der Waals surface area contributed by atoms with E-state index in [4.69, 9.17) is 4.74 Å². The van der Waals surface area contributed by atoms with Crippen molar-refractivity contribution >= 4 is 16.6 Å². The zero-order valence-corrected chi connectivity index (χ0v) is 11.7. The van der Waals surface area contributed by atoms with Crippen LogP contribution in [0.25, 0.3) is 10.9 Å². The van der Waals surface area contributed by atoms with Gasteiger partial charge in [-0.05, 0) is 25.1 Å². The van der Waals surface area contributed by atoms with Crippen molar-refractivity contribution in [1.29, 1.82) is 0 Å². The number of hydrogen-bond acceptors (Lipinski definition) is 4. The van der Waals surface area contributed by atoms with Crippen LogP contribution in [0.4, 0.5) is 14.5 Å². The predicted molar refractivity (Wildman–Crippen MR) is 75.9 cm³/mol. The molecule has 112 valence electrons. The molecular weight excluding hydrogens is 278 g/mol. The number of ether oxygens (including phenoxy) is 2. The lowest BCUT2D eigenvalue weighted by molar-refractivity contribution is -0.0497. The fourth-order valence-corrected chi connectivity index (χ4v) is 2.59. The summed E-state index contributed by atoms with van der Waals surface area (Å²) < 4.78 is 34.7. The molecule has 0 unspecified atom stereocenters. The molecule has 2 heterocycles. The Balaban J connectivity index is 2.16. The molecule has 0 atom stereocenters. The molecule has 0 saturated heterocycles. The summed E-state index contributed by atoms with van der Waals surface area (Å²) in [5.41, 5.74) is 3.68. The van der Waals surface area contributed by atoms with E-state index in [0.717, 1.165) is 40.8 Å². The Labute approximate surface area is 121 Å². The van der Waals surface area contributed by atoms with Crippen LogP contribution < -0.4 is 10.1 Å². The van der Waals surface area contributed by atoms with Crippen LogP contribution in [-0.4, -0.2) is 24.7 Å². The largest absolute Gasteiger partial charge is 0.435 e. The molecule has 0 bridgehead atoms. The summed E-state index contributed by atoms with van der Waals surface area (Å²) >= 11 is 0. The zero-order valence-electron chi connectivity index (χ0n) is 11.7. The summed E-state index contributed by atoms with van der Waals surface area (Å²) in [6.07, 6.45) is 0.763. The van der Waals surface area contributed by atoms with Crippen LogP contribution in [0.5, 0.6) is 5.75 Å². The molecule has 21 heavy (non-hydrogen) atoms. The molecule has 1 aromatic carbocycles. The Morgan fingerprint density at radius 2 is 2.29 bits per heavy atom. The van der Waals surface area contributed by atoms with Gasteiger partial charge in [0, 0.05) is 23.9 Å². The van der Waals surface area contributed by atoms with E-state index < -0.39 is 6.61 Å². The van der Waals surface area contributed by atoms with Gasteiger partial charge in [-0.3, -0.25) is 4.98 Å². The number of nitrogens with zero attached hydrogens (tertiary/aromatic N) is 1. The van der Waals surface area contributed by atoms with E-state index in [-0.39, 0.29) is 5.75 Å². The van der Waals surface area contributed by atoms with Crippen LogP contribution in [0.3, 0.4) is 0 Å². The molecular formula is C15H16F2N2O2. The van der Waals surface area contributed by atoms with Crippen LogP contribution in [0.15, 0.2) is 18.2 Å². The van der Waals surface area contributed by atoms with Crippen LogP contribution >= 0.6 is 0 Å². The van der Waals surface area contributed by atoms with Gasteiger partial charge in [-0.25, -0.2) is 0 Å². The number of nitrogens with one attached hydrogen (secondary N) is 1. The standard InChI is InChI=1S/C15H16F2N2O2/c1-2-18-14-10-7-9(21-15(16)17)3-4-12(10)19-13-5-6-20-8-11(13)14/h3-4,7,15H,2,5-6,8H2,1H3,(H,18,19). The summed E-state index contributed by atoms with van der Waals surface area (Å²) in [6, 6.07) is 4.83. The number of alkyl halides is 2. The average Bonchev–Trinajstić information content (AvgIpc) is 2.47. The van der Waals surface area contributed by atoms with E-state index in [0.29, 0.717) is 13.2 Å². The molecule has 4 nitrogen and oxygen atoms in total. The van der Waals surface area contributed by atoms with Gasteiger partial charge in [0.1, 0.15) is 5.75 Å². The maximum Gasteiger partial charge on any atom is 0.387 e. The highest BCUT2D eigenvalue weighted by molar-refractivity contribution is 5.94. The molecule has 0 saturated carbocycles. The smallest absolute Gasteiger partial charge is 0.387 e. The number of rotatable bonds is 4. The van der Waals surface area contributed by atoms with Gasteiger partial charge < -0.3 is 14.8 Å². The van der Waals surface area contributed by atoms with Crippen LogP contribution in [-0.2, 0) is 17.8 Å². The van der Waals surface area contributed by atoms with Crippen molar-refractivity contribution < 1.29 is 18.3 Å². The molecule has 6 heteroatoms. The quantitative estimate of drug-likeness (QED) is 0.939. The normalized spacial score (nSPS) is 14.3. The number of fused-ring (bicyclic) bond motifs is 2. The second-order valence-electron chi connectivity index (χ2n) is 4.80. The van der Waals surface area contributed by atoms with Crippen molar-refractivity contribution in [3.63, 3.8) is 0 Å². The average molecular weight is 294 g/mol. The van der Waals surface area contributed by atoms with Gasteiger partial charge in [-0.2, -0.15) is 8.78 Å². The highest BCUT2D eigenvalue weighted by Crippen LogP contribution is 2.33. The van der Waals surface area contributed by atoms with Crippen molar-refractivity contribution in [3.8, 4) is 5.75 Å². The predicted octanol–water partition coefficient (Wildman–Crippen LogP) is 3.34. The van der Waals surface area contributed by atoms with Crippen molar-refractivity contribution in [2.24, 2.45) is 0 Å². The van der Waals surface area contributed by atoms with Gasteiger partial charge in [0.25, 0.3) is 0 Å². The summed E-state index contributed by atoms with van der Waals surface area (Å²) in [4.78, 5) is 4.62. The third-order valence-corrected chi connectivity index (χ3v) is 3.45. The lowest BCUT2D eigenvalue weighted by Gasteiger charge is -2.21. The summed E-state index contributed by atoms with van der Waals surface area (Å²) in [5, 5.41) is 4.07. The first-order valence-corrected chi connectivity index (χ1v) is 6.91. The molecule has 0 aliphatic carbocycles. The first-order valence-electron chi connectivity index (χ1n) is 6.91.